The summed E-state index contributed by atoms with van der Waals surface area (Å²) in [4.78, 5) is 31.6. The van der Waals surface area contributed by atoms with E-state index >= 15 is 0 Å². The molecule has 560 valence electrons. The quantitative estimate of drug-likeness (QED) is 0.117. The summed E-state index contributed by atoms with van der Waals surface area (Å²) in [5.41, 5.74) is 29.3. The van der Waals surface area contributed by atoms with Gasteiger partial charge in [0, 0.05) is 104 Å². The number of para-hydroxylation sites is 7. The summed E-state index contributed by atoms with van der Waals surface area (Å²) in [5, 5.41) is 10.6. The van der Waals surface area contributed by atoms with Crippen LogP contribution in [0.25, 0.3) is 244 Å². The van der Waals surface area contributed by atoms with E-state index in [0.717, 1.165) is 222 Å². The van der Waals surface area contributed by atoms with Crippen LogP contribution < -0.4 is 0 Å². The monoisotopic (exact) mass is 1530 g/mol. The minimum Gasteiger partial charge on any atom is -0.456 e. The van der Waals surface area contributed by atoms with E-state index in [0.29, 0.717) is 11.6 Å². The first-order valence-electron chi connectivity index (χ1n) is 40.2. The van der Waals surface area contributed by atoms with Gasteiger partial charge < -0.3 is 17.7 Å². The molecule has 0 aliphatic rings. The summed E-state index contributed by atoms with van der Waals surface area (Å²) >= 11 is 0. The van der Waals surface area contributed by atoms with Crippen LogP contribution in [0.4, 0.5) is 0 Å². The van der Waals surface area contributed by atoms with Gasteiger partial charge in [0.2, 0.25) is 0 Å². The highest BCUT2D eigenvalue weighted by molar-refractivity contribution is 6.23. The third kappa shape index (κ3) is 12.4. The average molecular weight is 1540 g/mol. The Morgan fingerprint density at radius 2 is 0.483 bits per heavy atom. The lowest BCUT2D eigenvalue weighted by atomic mass is 9.94. The smallest absolute Gasteiger partial charge is 0.162 e. The highest BCUT2D eigenvalue weighted by atomic mass is 16.3. The summed E-state index contributed by atoms with van der Waals surface area (Å²) in [6.07, 6.45) is 0. The van der Waals surface area contributed by atoms with Crippen LogP contribution in [0.2, 0.25) is 0 Å². The van der Waals surface area contributed by atoms with Crippen molar-refractivity contribution in [2.45, 2.75) is 0 Å². The maximum Gasteiger partial charge on any atom is 0.162 e. The van der Waals surface area contributed by atoms with Crippen molar-refractivity contribution in [3.63, 3.8) is 0 Å². The van der Waals surface area contributed by atoms with Crippen molar-refractivity contribution in [3.05, 3.63) is 400 Å². The molecular weight excluding hydrogens is 1470 g/mol. The number of fused-ring (bicyclic) bond motifs is 16. The van der Waals surface area contributed by atoms with Gasteiger partial charge in [-0.3, -0.25) is 0 Å². The fourth-order valence-electron chi connectivity index (χ4n) is 17.1. The van der Waals surface area contributed by atoms with Gasteiger partial charge in [-0.05, 0) is 136 Å². The Kier molecular flexibility index (Phi) is 16.7. The molecule has 0 spiro atoms. The Labute approximate surface area is 687 Å². The Bertz CT molecular complexity index is 8130. The van der Waals surface area contributed by atoms with E-state index in [9.17, 15) is 0 Å². The Morgan fingerprint density at radius 1 is 0.158 bits per heavy atom. The number of aromatic nitrogens is 6. The lowest BCUT2D eigenvalue weighted by molar-refractivity contribution is 0.668. The van der Waals surface area contributed by atoms with Gasteiger partial charge in [-0.2, -0.15) is 0 Å². The molecule has 0 atom stereocenters. The second kappa shape index (κ2) is 28.9. The largest absolute Gasteiger partial charge is 0.456 e. The van der Waals surface area contributed by atoms with Crippen molar-refractivity contribution in [1.82, 2.24) is 29.9 Å². The molecule has 0 aliphatic heterocycles. The fourth-order valence-corrected chi connectivity index (χ4v) is 17.1. The van der Waals surface area contributed by atoms with E-state index in [1.54, 1.807) is 0 Å². The zero-order valence-electron chi connectivity index (χ0n) is 64.4. The molecule has 0 bridgehead atoms. The maximum absolute atomic E-state index is 6.74. The number of pyridine rings is 2. The molecule has 8 aromatic heterocycles. The minimum absolute atomic E-state index is 0.644. The summed E-state index contributed by atoms with van der Waals surface area (Å²) in [6.45, 7) is 0. The third-order valence-electron chi connectivity index (χ3n) is 23.0. The van der Waals surface area contributed by atoms with E-state index in [2.05, 4.69) is 291 Å². The minimum atomic E-state index is 0.644. The van der Waals surface area contributed by atoms with Crippen LogP contribution in [0.15, 0.2) is 418 Å². The molecule has 0 fully saturated rings. The zero-order valence-corrected chi connectivity index (χ0v) is 64.4. The molecule has 24 aromatic rings. The van der Waals surface area contributed by atoms with Crippen LogP contribution in [0.3, 0.4) is 0 Å². The summed E-state index contributed by atoms with van der Waals surface area (Å²) in [6, 6.07) is 138. The molecule has 8 heterocycles. The van der Waals surface area contributed by atoms with Crippen LogP contribution in [-0.2, 0) is 0 Å². The highest BCUT2D eigenvalue weighted by Gasteiger charge is 2.25. The molecule has 120 heavy (non-hydrogen) atoms. The van der Waals surface area contributed by atoms with E-state index in [1.165, 1.54) is 11.1 Å². The van der Waals surface area contributed by atoms with Gasteiger partial charge in [0.15, 0.2) is 22.8 Å². The van der Waals surface area contributed by atoms with Gasteiger partial charge in [0.25, 0.3) is 0 Å². The highest BCUT2D eigenvalue weighted by Crippen LogP contribution is 2.47. The lowest BCUT2D eigenvalue weighted by Gasteiger charge is -2.14. The van der Waals surface area contributed by atoms with Crippen LogP contribution in [0.5, 0.6) is 0 Å². The van der Waals surface area contributed by atoms with Crippen molar-refractivity contribution in [1.29, 1.82) is 0 Å². The SMILES string of the molecule is c1ccc(-c2ccc(-c3cc(-c4cc(-c5ccc6oc7ccccc7c6c5)cc(-c5nc6ccccc6c6c5oc5ccccc56)c4)nc(-c4ccccc4)n3)cc2)cc1.c1ccc(-c2ccc(-c3cc(-c4cc(-c5cccc6c5oc5ccccc56)cc(-c5nc6ccccc6c6c5oc5ccccc56)c4)nc(-c4ccccc4)n3)cc2)cc1. The molecule has 0 unspecified atom stereocenters. The Balaban J connectivity index is 0.000000140. The molecule has 0 saturated heterocycles. The number of benzene rings is 16. The van der Waals surface area contributed by atoms with Crippen molar-refractivity contribution in [3.8, 4) is 135 Å². The van der Waals surface area contributed by atoms with Gasteiger partial charge >= 0.3 is 0 Å². The van der Waals surface area contributed by atoms with E-state index in [1.807, 2.05) is 109 Å². The third-order valence-corrected chi connectivity index (χ3v) is 23.0. The van der Waals surface area contributed by atoms with Crippen LogP contribution in [0, 0.1) is 0 Å². The van der Waals surface area contributed by atoms with Crippen molar-refractivity contribution < 1.29 is 17.7 Å². The Morgan fingerprint density at radius 3 is 0.975 bits per heavy atom. The van der Waals surface area contributed by atoms with Crippen LogP contribution in [0.1, 0.15) is 0 Å². The van der Waals surface area contributed by atoms with E-state index < -0.39 is 0 Å². The van der Waals surface area contributed by atoms with E-state index in [-0.39, 0.29) is 0 Å². The normalized spacial score (nSPS) is 11.7. The van der Waals surface area contributed by atoms with Gasteiger partial charge in [-0.25, -0.2) is 29.9 Å². The Hall–Kier alpha value is -16.3. The molecule has 0 saturated carbocycles. The molecular formula is C110H66N6O4. The van der Waals surface area contributed by atoms with Crippen molar-refractivity contribution >= 4 is 110 Å². The van der Waals surface area contributed by atoms with Gasteiger partial charge in [-0.15, -0.1) is 0 Å². The lowest BCUT2D eigenvalue weighted by Crippen LogP contribution is -1.97. The van der Waals surface area contributed by atoms with Crippen LogP contribution >= 0.6 is 0 Å². The van der Waals surface area contributed by atoms with Crippen molar-refractivity contribution in [2.75, 3.05) is 0 Å². The molecule has 0 radical (unpaired) electrons. The number of nitrogens with zero attached hydrogens (tertiary/aromatic N) is 6. The summed E-state index contributed by atoms with van der Waals surface area (Å²) in [7, 11) is 0. The number of furan rings is 4. The first kappa shape index (κ1) is 69.2. The standard InChI is InChI=1S/2C55H33N3O2/c1-3-14-34(15-4-1)35-26-28-36(29-27-35)47-33-48(58-55(57-47)37-16-5-2-6-17-37)39-30-38(41-21-13-22-43-42-18-8-11-24-49(42)59-53(41)43)31-40(32-39)52-54-51(44-19-7-10-23-46(44)56-52)45-20-9-12-25-50(45)60-54;1-3-13-34(14-4-1)35-23-25-36(26-24-35)47-33-48(58-55(57-47)37-15-5-2-6-16-37)40-29-39(38-27-28-51-45(32-38)42-17-8-11-21-49(42)59-51)30-41(31-40)53-54-52(43-18-7-10-20-46(43)56-53)44-19-9-12-22-50(44)60-54/h2*1-33H. The predicted octanol–water partition coefficient (Wildman–Crippen LogP) is 29.7. The second-order valence-corrected chi connectivity index (χ2v) is 30.3. The molecule has 0 N–H and O–H groups in total. The number of hydrogen-bond acceptors (Lipinski definition) is 10. The predicted molar refractivity (Wildman–Crippen MR) is 489 cm³/mol. The number of hydrogen-bond donors (Lipinski definition) is 0. The van der Waals surface area contributed by atoms with Gasteiger partial charge in [-0.1, -0.05) is 303 Å². The molecule has 10 heteroatoms. The van der Waals surface area contributed by atoms with Gasteiger partial charge in [0.1, 0.15) is 44.9 Å². The molecule has 10 nitrogen and oxygen atoms in total. The average Bonchev–Trinajstić information content (AvgIpc) is 1.54. The first-order chi connectivity index (χ1) is 59.4. The summed E-state index contributed by atoms with van der Waals surface area (Å²) in [5.74, 6) is 1.29. The molecule has 0 aliphatic carbocycles. The van der Waals surface area contributed by atoms with Crippen molar-refractivity contribution in [2.24, 2.45) is 0 Å². The second-order valence-electron chi connectivity index (χ2n) is 30.3. The molecule has 24 rings (SSSR count). The fraction of sp³-hybridized carbons (Fsp3) is 0. The molecule has 16 aromatic carbocycles. The molecule has 0 amide bonds. The summed E-state index contributed by atoms with van der Waals surface area (Å²) < 4.78 is 26.3. The maximum atomic E-state index is 6.74. The first-order valence-corrected chi connectivity index (χ1v) is 40.2. The van der Waals surface area contributed by atoms with Crippen LogP contribution in [-0.4, -0.2) is 29.9 Å². The van der Waals surface area contributed by atoms with E-state index in [4.69, 9.17) is 47.6 Å². The number of rotatable bonds is 12. The topological polar surface area (TPSA) is 130 Å². The van der Waals surface area contributed by atoms with Gasteiger partial charge in [0.05, 0.1) is 33.8 Å². The zero-order chi connectivity index (χ0) is 79.1.